The summed E-state index contributed by atoms with van der Waals surface area (Å²) < 4.78 is 32.8. The fourth-order valence-corrected chi connectivity index (χ4v) is 2.67. The molecule has 0 aliphatic rings. The highest BCUT2D eigenvalue weighted by molar-refractivity contribution is 6.17. The molecule has 3 nitrogen and oxygen atoms in total. The number of hydrogen-bond acceptors (Lipinski definition) is 2. The Morgan fingerprint density at radius 2 is 1.91 bits per heavy atom. The average Bonchev–Trinajstić information content (AvgIpc) is 2.50. The van der Waals surface area contributed by atoms with E-state index in [1.165, 1.54) is 0 Å². The third-order valence-corrected chi connectivity index (χ3v) is 3.85. The summed E-state index contributed by atoms with van der Waals surface area (Å²) in [5.74, 6) is -0.445. The minimum atomic E-state index is -0.871. The van der Waals surface area contributed by atoms with Crippen molar-refractivity contribution in [2.75, 3.05) is 12.5 Å². The number of alkyl halides is 1. The van der Waals surface area contributed by atoms with Gasteiger partial charge in [-0.05, 0) is 31.0 Å². The van der Waals surface area contributed by atoms with Gasteiger partial charge >= 0.3 is 0 Å². The van der Waals surface area contributed by atoms with Crippen molar-refractivity contribution in [3.8, 4) is 5.75 Å². The molecule has 0 fully saturated rings. The van der Waals surface area contributed by atoms with E-state index in [1.807, 2.05) is 0 Å². The van der Waals surface area contributed by atoms with Crippen LogP contribution >= 0.6 is 11.6 Å². The van der Waals surface area contributed by atoms with Crippen molar-refractivity contribution < 1.29 is 13.5 Å². The highest BCUT2D eigenvalue weighted by Gasteiger charge is 2.12. The van der Waals surface area contributed by atoms with Gasteiger partial charge in [-0.1, -0.05) is 0 Å². The molecule has 0 unspecified atom stereocenters. The van der Waals surface area contributed by atoms with Crippen molar-refractivity contribution in [2.45, 2.75) is 12.8 Å². The lowest BCUT2D eigenvalue weighted by Gasteiger charge is -2.08. The van der Waals surface area contributed by atoms with Gasteiger partial charge in [0.15, 0.2) is 5.43 Å². The van der Waals surface area contributed by atoms with Gasteiger partial charge in [0.1, 0.15) is 17.4 Å². The molecule has 0 spiro atoms. The van der Waals surface area contributed by atoms with Gasteiger partial charge in [0.05, 0.1) is 23.0 Å². The molecular formula is C17H14ClF2NO2. The number of fused-ring (bicyclic) bond motifs is 2. The molecule has 0 atom stereocenters. The van der Waals surface area contributed by atoms with E-state index in [9.17, 15) is 13.6 Å². The summed E-state index contributed by atoms with van der Waals surface area (Å²) in [6.45, 7) is 0.513. The minimum absolute atomic E-state index is 0.124. The van der Waals surface area contributed by atoms with Crippen molar-refractivity contribution in [1.82, 2.24) is 4.98 Å². The summed E-state index contributed by atoms with van der Waals surface area (Å²) in [5.41, 5.74) is 0.126. The quantitative estimate of drug-likeness (QED) is 0.427. The molecule has 0 bridgehead atoms. The molecule has 1 heterocycles. The van der Waals surface area contributed by atoms with Crippen molar-refractivity contribution in [1.29, 1.82) is 0 Å². The molecule has 1 N–H and O–H groups in total. The van der Waals surface area contributed by atoms with Gasteiger partial charge in [0.25, 0.3) is 0 Å². The molecule has 0 saturated carbocycles. The number of benzene rings is 2. The molecule has 0 radical (unpaired) electrons. The number of aromatic amines is 1. The van der Waals surface area contributed by atoms with E-state index < -0.39 is 17.1 Å². The van der Waals surface area contributed by atoms with Gasteiger partial charge in [0.2, 0.25) is 0 Å². The van der Waals surface area contributed by atoms with Crippen molar-refractivity contribution >= 4 is 33.4 Å². The first-order chi connectivity index (χ1) is 11.1. The largest absolute Gasteiger partial charge is 0.494 e. The Bertz CT molecular complexity index is 924. The number of halogens is 3. The Morgan fingerprint density at radius 3 is 2.70 bits per heavy atom. The van der Waals surface area contributed by atoms with Gasteiger partial charge in [0, 0.05) is 23.4 Å². The Hall–Kier alpha value is -2.14. The zero-order valence-corrected chi connectivity index (χ0v) is 12.9. The van der Waals surface area contributed by atoms with E-state index in [0.717, 1.165) is 18.9 Å². The van der Waals surface area contributed by atoms with Crippen molar-refractivity contribution in [3.05, 3.63) is 52.2 Å². The van der Waals surface area contributed by atoms with Crippen molar-refractivity contribution in [2.24, 2.45) is 0 Å². The summed E-state index contributed by atoms with van der Waals surface area (Å²) >= 11 is 5.60. The molecule has 0 aliphatic heterocycles. The van der Waals surface area contributed by atoms with E-state index in [0.29, 0.717) is 35.2 Å². The molecule has 6 heteroatoms. The maximum atomic E-state index is 13.9. The van der Waals surface area contributed by atoms with Crippen LogP contribution in [0.3, 0.4) is 0 Å². The molecule has 0 aliphatic carbocycles. The van der Waals surface area contributed by atoms with E-state index in [1.54, 1.807) is 18.2 Å². The lowest BCUT2D eigenvalue weighted by atomic mass is 10.1. The molecule has 3 rings (SSSR count). The molecule has 1 aromatic heterocycles. The lowest BCUT2D eigenvalue weighted by Crippen LogP contribution is -2.07. The number of nitrogens with one attached hydrogen (secondary N) is 1. The van der Waals surface area contributed by atoms with E-state index >= 15 is 0 Å². The maximum absolute atomic E-state index is 13.9. The number of H-pyrrole nitrogens is 1. The van der Waals surface area contributed by atoms with Crippen LogP contribution in [0.15, 0.2) is 35.1 Å². The topological polar surface area (TPSA) is 42.1 Å². The van der Waals surface area contributed by atoms with Gasteiger partial charge in [-0.25, -0.2) is 8.78 Å². The van der Waals surface area contributed by atoms with Gasteiger partial charge in [-0.3, -0.25) is 4.79 Å². The highest BCUT2D eigenvalue weighted by atomic mass is 35.5. The molecule has 2 aromatic carbocycles. The molecule has 120 valence electrons. The predicted molar refractivity (Wildman–Crippen MR) is 87.4 cm³/mol. The number of unbranched alkanes of at least 4 members (excludes halogenated alkanes) is 1. The smallest absolute Gasteiger partial charge is 0.200 e. The minimum Gasteiger partial charge on any atom is -0.494 e. The average molecular weight is 338 g/mol. The van der Waals surface area contributed by atoms with E-state index in [2.05, 4.69) is 4.98 Å². The zero-order chi connectivity index (χ0) is 16.4. The second-order valence-electron chi connectivity index (χ2n) is 5.22. The SMILES string of the molecule is O=c1c2ccc(OCCCCCl)cc2[nH]c2cc(F)cc(F)c12. The van der Waals surface area contributed by atoms with E-state index in [4.69, 9.17) is 16.3 Å². The standard InChI is InChI=1S/C17H14ClF2NO2/c18-5-1-2-6-23-11-3-4-12-14(9-11)21-15-8-10(19)7-13(20)16(15)17(12)22/h3-4,7-9H,1-2,5-6H2,(H,21,22). The number of ether oxygens (including phenoxy) is 1. The Morgan fingerprint density at radius 1 is 1.09 bits per heavy atom. The fourth-order valence-electron chi connectivity index (χ4n) is 2.48. The first-order valence-electron chi connectivity index (χ1n) is 7.23. The third kappa shape index (κ3) is 3.15. The Labute approximate surface area is 135 Å². The number of aromatic nitrogens is 1. The Balaban J connectivity index is 2.05. The Kier molecular flexibility index (Phi) is 4.48. The zero-order valence-electron chi connectivity index (χ0n) is 12.2. The number of rotatable bonds is 5. The van der Waals surface area contributed by atoms with E-state index in [-0.39, 0.29) is 10.9 Å². The molecule has 0 saturated heterocycles. The molecular weight excluding hydrogens is 324 g/mol. The summed E-state index contributed by atoms with van der Waals surface area (Å²) in [6, 6.07) is 6.70. The van der Waals surface area contributed by atoms with Crippen LogP contribution in [0.5, 0.6) is 5.75 Å². The van der Waals surface area contributed by atoms with Crippen LogP contribution < -0.4 is 10.2 Å². The van der Waals surface area contributed by atoms with Crippen LogP contribution in [-0.2, 0) is 0 Å². The molecule has 0 amide bonds. The highest BCUT2D eigenvalue weighted by Crippen LogP contribution is 2.22. The fraction of sp³-hybridized carbons (Fsp3) is 0.235. The third-order valence-electron chi connectivity index (χ3n) is 3.58. The summed E-state index contributed by atoms with van der Waals surface area (Å²) in [6.07, 6.45) is 1.68. The number of hydrogen-bond donors (Lipinski definition) is 1. The van der Waals surface area contributed by atoms with Gasteiger partial charge < -0.3 is 9.72 Å². The van der Waals surface area contributed by atoms with Crippen LogP contribution in [0.25, 0.3) is 21.8 Å². The van der Waals surface area contributed by atoms with Crippen LogP contribution in [0.2, 0.25) is 0 Å². The summed E-state index contributed by atoms with van der Waals surface area (Å²) in [4.78, 5) is 15.3. The lowest BCUT2D eigenvalue weighted by molar-refractivity contribution is 0.310. The number of pyridine rings is 1. The molecule has 3 aromatic rings. The van der Waals surface area contributed by atoms with Crippen molar-refractivity contribution in [3.63, 3.8) is 0 Å². The second-order valence-corrected chi connectivity index (χ2v) is 5.59. The summed E-state index contributed by atoms with van der Waals surface area (Å²) in [7, 11) is 0. The predicted octanol–water partition coefficient (Wildman–Crippen LogP) is 4.36. The van der Waals surface area contributed by atoms with Crippen LogP contribution in [0.4, 0.5) is 8.78 Å². The molecule has 23 heavy (non-hydrogen) atoms. The van der Waals surface area contributed by atoms with Crippen LogP contribution in [0.1, 0.15) is 12.8 Å². The monoisotopic (exact) mass is 337 g/mol. The van der Waals surface area contributed by atoms with Gasteiger partial charge in [-0.15, -0.1) is 11.6 Å². The maximum Gasteiger partial charge on any atom is 0.200 e. The van der Waals surface area contributed by atoms with Crippen LogP contribution in [-0.4, -0.2) is 17.5 Å². The normalized spacial score (nSPS) is 11.3. The van der Waals surface area contributed by atoms with Crippen LogP contribution in [0, 0.1) is 11.6 Å². The first kappa shape index (κ1) is 15.7. The second kappa shape index (κ2) is 6.54. The summed E-state index contributed by atoms with van der Waals surface area (Å²) in [5, 5.41) is 0.186. The van der Waals surface area contributed by atoms with Gasteiger partial charge in [-0.2, -0.15) is 0 Å². The first-order valence-corrected chi connectivity index (χ1v) is 7.77.